The Kier molecular flexibility index (Phi) is 5.06. The highest BCUT2D eigenvalue weighted by Crippen LogP contribution is 2.36. The predicted molar refractivity (Wildman–Crippen MR) is 126 cm³/mol. The van der Waals surface area contributed by atoms with Crippen molar-refractivity contribution in [3.8, 4) is 0 Å². The molecule has 6 nitrogen and oxygen atoms in total. The summed E-state index contributed by atoms with van der Waals surface area (Å²) in [6.07, 6.45) is 2.80. The van der Waals surface area contributed by atoms with Crippen LogP contribution in [-0.4, -0.2) is 55.0 Å². The van der Waals surface area contributed by atoms with Gasteiger partial charge in [0, 0.05) is 55.3 Å². The second-order valence-electron chi connectivity index (χ2n) is 8.41. The molecule has 2 aromatic rings. The first kappa shape index (κ1) is 19.5. The number of amides is 1. The largest absolute Gasteiger partial charge is 0.370 e. The Hall–Kier alpha value is -3.41. The Morgan fingerprint density at radius 1 is 0.968 bits per heavy atom. The number of carbonyl (C=O) groups excluding carboxylic acids is 1. The van der Waals surface area contributed by atoms with Crippen LogP contribution in [0.15, 0.2) is 65.3 Å². The number of hydrogen-bond acceptors (Lipinski definition) is 5. The average molecular weight is 414 g/mol. The minimum Gasteiger partial charge on any atom is -0.370 e. The maximum Gasteiger partial charge on any atom is 0.258 e. The number of para-hydroxylation sites is 2. The van der Waals surface area contributed by atoms with E-state index >= 15 is 0 Å². The quantitative estimate of drug-likeness (QED) is 0.760. The molecule has 0 radical (unpaired) electrons. The zero-order valence-corrected chi connectivity index (χ0v) is 17.8. The van der Waals surface area contributed by atoms with Gasteiger partial charge in [-0.05, 0) is 36.8 Å². The molecule has 3 aliphatic rings. The van der Waals surface area contributed by atoms with Crippen molar-refractivity contribution in [2.75, 3.05) is 42.5 Å². The van der Waals surface area contributed by atoms with E-state index < -0.39 is 0 Å². The standard InChI is InChI=1S/C25H27N5O/c1-18(26)14-20-15-21(16-27-20)28-10-12-29(13-11-28)23-8-4-5-9-24(23)30-17-19-6-2-3-7-22(19)25(30)31/h2-9,15,26H,10-14,16-17H2,1H3. The van der Waals surface area contributed by atoms with Gasteiger partial charge in [0.25, 0.3) is 5.91 Å². The summed E-state index contributed by atoms with van der Waals surface area (Å²) >= 11 is 0. The molecule has 1 amide bonds. The van der Waals surface area contributed by atoms with Gasteiger partial charge in [-0.15, -0.1) is 0 Å². The van der Waals surface area contributed by atoms with Crippen LogP contribution in [0, 0.1) is 5.41 Å². The first-order valence-electron chi connectivity index (χ1n) is 10.9. The Morgan fingerprint density at radius 2 is 1.65 bits per heavy atom. The lowest BCUT2D eigenvalue weighted by Gasteiger charge is -2.39. The van der Waals surface area contributed by atoms with Crippen LogP contribution in [0.5, 0.6) is 0 Å². The van der Waals surface area contributed by atoms with Gasteiger partial charge >= 0.3 is 0 Å². The van der Waals surface area contributed by atoms with E-state index in [1.54, 1.807) is 0 Å². The summed E-state index contributed by atoms with van der Waals surface area (Å²) < 4.78 is 0. The van der Waals surface area contributed by atoms with Gasteiger partial charge in [0.05, 0.1) is 24.5 Å². The predicted octanol–water partition coefficient (Wildman–Crippen LogP) is 3.74. The van der Waals surface area contributed by atoms with Crippen LogP contribution in [0.25, 0.3) is 0 Å². The van der Waals surface area contributed by atoms with Crippen molar-refractivity contribution in [2.24, 2.45) is 4.99 Å². The molecule has 1 N–H and O–H groups in total. The normalized spacial score (nSPS) is 18.2. The lowest BCUT2D eigenvalue weighted by atomic mass is 10.1. The second-order valence-corrected chi connectivity index (χ2v) is 8.41. The average Bonchev–Trinajstić information content (AvgIpc) is 3.38. The number of allylic oxidation sites excluding steroid dienone is 1. The minimum absolute atomic E-state index is 0.0870. The molecule has 0 aliphatic carbocycles. The highest BCUT2D eigenvalue weighted by Gasteiger charge is 2.31. The number of aliphatic imine (C=N–C) groups is 1. The summed E-state index contributed by atoms with van der Waals surface area (Å²) in [4.78, 5) is 24.3. The van der Waals surface area contributed by atoms with Crippen LogP contribution in [0.4, 0.5) is 11.4 Å². The van der Waals surface area contributed by atoms with Gasteiger partial charge in [-0.25, -0.2) is 0 Å². The van der Waals surface area contributed by atoms with Gasteiger partial charge in [-0.1, -0.05) is 30.3 Å². The first-order valence-corrected chi connectivity index (χ1v) is 10.9. The van der Waals surface area contributed by atoms with Crippen LogP contribution in [0.1, 0.15) is 29.3 Å². The number of anilines is 2. The monoisotopic (exact) mass is 413 g/mol. The van der Waals surface area contributed by atoms with E-state index in [4.69, 9.17) is 5.41 Å². The van der Waals surface area contributed by atoms with Crippen molar-refractivity contribution in [3.63, 3.8) is 0 Å². The first-order chi connectivity index (χ1) is 15.1. The molecule has 1 fully saturated rings. The molecule has 0 unspecified atom stereocenters. The second kappa shape index (κ2) is 8.02. The summed E-state index contributed by atoms with van der Waals surface area (Å²) in [5.74, 6) is 0.0870. The number of benzene rings is 2. The van der Waals surface area contributed by atoms with Gasteiger partial charge in [0.15, 0.2) is 0 Å². The molecule has 1 saturated heterocycles. The van der Waals surface area contributed by atoms with Gasteiger partial charge in [0.2, 0.25) is 0 Å². The van der Waals surface area contributed by atoms with Crippen molar-refractivity contribution in [1.82, 2.24) is 4.90 Å². The number of hydrogen-bond donors (Lipinski definition) is 1. The van der Waals surface area contributed by atoms with Crippen molar-refractivity contribution >= 4 is 28.7 Å². The zero-order valence-electron chi connectivity index (χ0n) is 17.8. The smallest absolute Gasteiger partial charge is 0.258 e. The molecular formula is C25H27N5O. The van der Waals surface area contributed by atoms with Crippen molar-refractivity contribution in [1.29, 1.82) is 5.41 Å². The maximum atomic E-state index is 13.0. The lowest BCUT2D eigenvalue weighted by Crippen LogP contribution is -2.46. The molecule has 31 heavy (non-hydrogen) atoms. The third-order valence-electron chi connectivity index (χ3n) is 6.24. The van der Waals surface area contributed by atoms with E-state index in [9.17, 15) is 4.79 Å². The van der Waals surface area contributed by atoms with Crippen LogP contribution in [0.2, 0.25) is 0 Å². The topological polar surface area (TPSA) is 63.0 Å². The molecule has 0 spiro atoms. The van der Waals surface area contributed by atoms with E-state index in [0.717, 1.165) is 60.9 Å². The summed E-state index contributed by atoms with van der Waals surface area (Å²) in [5.41, 5.74) is 6.94. The molecule has 6 heteroatoms. The van der Waals surface area contributed by atoms with Crippen molar-refractivity contribution < 1.29 is 4.79 Å². The van der Waals surface area contributed by atoms with Gasteiger partial charge in [0.1, 0.15) is 0 Å². The fourth-order valence-corrected chi connectivity index (χ4v) is 4.68. The van der Waals surface area contributed by atoms with E-state index in [1.165, 1.54) is 5.70 Å². The van der Waals surface area contributed by atoms with E-state index in [-0.39, 0.29) is 5.91 Å². The molecule has 0 aromatic heterocycles. The van der Waals surface area contributed by atoms with Gasteiger partial charge < -0.3 is 20.1 Å². The molecule has 0 atom stereocenters. The van der Waals surface area contributed by atoms with E-state index in [2.05, 4.69) is 39.1 Å². The van der Waals surface area contributed by atoms with Gasteiger partial charge in [-0.3, -0.25) is 9.79 Å². The summed E-state index contributed by atoms with van der Waals surface area (Å²) in [7, 11) is 0. The molecule has 0 bridgehead atoms. The highest BCUT2D eigenvalue weighted by molar-refractivity contribution is 6.11. The number of piperazine rings is 1. The zero-order chi connectivity index (χ0) is 21.4. The van der Waals surface area contributed by atoms with Crippen molar-refractivity contribution in [3.05, 3.63) is 71.4 Å². The molecule has 158 valence electrons. The third kappa shape index (κ3) is 3.74. The summed E-state index contributed by atoms with van der Waals surface area (Å²) in [6.45, 7) is 6.85. The molecule has 3 heterocycles. The van der Waals surface area contributed by atoms with Gasteiger partial charge in [-0.2, -0.15) is 0 Å². The summed E-state index contributed by atoms with van der Waals surface area (Å²) in [6, 6.07) is 16.1. The van der Waals surface area contributed by atoms with Crippen LogP contribution < -0.4 is 9.80 Å². The number of nitrogens with one attached hydrogen (secondary N) is 1. The fourth-order valence-electron chi connectivity index (χ4n) is 4.68. The van der Waals surface area contributed by atoms with E-state index in [1.807, 2.05) is 42.2 Å². The number of nitrogens with zero attached hydrogens (tertiary/aromatic N) is 4. The maximum absolute atomic E-state index is 13.0. The molecule has 3 aliphatic heterocycles. The molecule has 0 saturated carbocycles. The van der Waals surface area contributed by atoms with Crippen LogP contribution in [-0.2, 0) is 6.54 Å². The van der Waals surface area contributed by atoms with Crippen LogP contribution in [0.3, 0.4) is 0 Å². The Morgan fingerprint density at radius 3 is 2.39 bits per heavy atom. The molecular weight excluding hydrogens is 386 g/mol. The molecule has 2 aromatic carbocycles. The summed E-state index contributed by atoms with van der Waals surface area (Å²) in [5, 5.41) is 7.68. The Labute approximate surface area is 183 Å². The van der Waals surface area contributed by atoms with Crippen LogP contribution >= 0.6 is 0 Å². The number of rotatable bonds is 5. The van der Waals surface area contributed by atoms with E-state index in [0.29, 0.717) is 18.7 Å². The number of fused-ring (bicyclic) bond motifs is 1. The molecule has 5 rings (SSSR count). The fraction of sp³-hybridized carbons (Fsp3) is 0.320. The van der Waals surface area contributed by atoms with Crippen molar-refractivity contribution in [2.45, 2.75) is 19.9 Å². The minimum atomic E-state index is 0.0870. The lowest BCUT2D eigenvalue weighted by molar-refractivity contribution is 0.0996. The highest BCUT2D eigenvalue weighted by atomic mass is 16.2. The SMILES string of the molecule is CC(=N)CC1=NCC(N2CCN(c3ccccc3N3Cc4ccccc4C3=O)CC2)=C1. The number of carbonyl (C=O) groups is 1. The third-order valence-corrected chi connectivity index (χ3v) is 6.24. The Bertz CT molecular complexity index is 1090. The Balaban J connectivity index is 1.29.